The summed E-state index contributed by atoms with van der Waals surface area (Å²) in [6.45, 7) is 0. The molecule has 0 heterocycles. The van der Waals surface area contributed by atoms with Crippen LogP contribution in [0.2, 0.25) is 0 Å². The maximum Gasteiger partial charge on any atom is 0.470 e. The summed E-state index contributed by atoms with van der Waals surface area (Å²) in [5.41, 5.74) is 0. The van der Waals surface area contributed by atoms with Gasteiger partial charge >= 0.3 is 23.5 Å². The monoisotopic (exact) mass is 192 g/mol. The van der Waals surface area contributed by atoms with Gasteiger partial charge in [0.1, 0.15) is 0 Å². The SMILES string of the molecule is COC(=O)C(F)(F)OS(=O)F. The summed E-state index contributed by atoms with van der Waals surface area (Å²) in [6.07, 6.45) is -4.51. The number of esters is 1. The molecular formula is C3H3F3O4S. The van der Waals surface area contributed by atoms with Crippen molar-refractivity contribution in [1.29, 1.82) is 0 Å². The molecule has 0 aliphatic carbocycles. The first kappa shape index (κ1) is 10.4. The van der Waals surface area contributed by atoms with Crippen molar-refractivity contribution >= 4 is 17.4 Å². The molecule has 8 heteroatoms. The van der Waals surface area contributed by atoms with E-state index in [1.54, 1.807) is 0 Å². The number of methoxy groups -OCH3 is 1. The highest BCUT2D eigenvalue weighted by Gasteiger charge is 2.44. The van der Waals surface area contributed by atoms with E-state index in [0.29, 0.717) is 7.11 Å². The first-order valence-corrected chi connectivity index (χ1v) is 3.11. The van der Waals surface area contributed by atoms with Gasteiger partial charge in [-0.25, -0.2) is 4.79 Å². The quantitative estimate of drug-likeness (QED) is 0.477. The van der Waals surface area contributed by atoms with Crippen LogP contribution in [0.1, 0.15) is 0 Å². The minimum Gasteiger partial charge on any atom is -0.463 e. The number of carbonyl (C=O) groups is 1. The Balaban J connectivity index is 4.21. The third kappa shape index (κ3) is 3.33. The summed E-state index contributed by atoms with van der Waals surface area (Å²) in [4.78, 5) is 9.97. The van der Waals surface area contributed by atoms with Gasteiger partial charge in [0.05, 0.1) is 7.11 Å². The first-order valence-electron chi connectivity index (χ1n) is 2.14. The molecule has 0 aromatic heterocycles. The van der Waals surface area contributed by atoms with E-state index in [9.17, 15) is 21.7 Å². The summed E-state index contributed by atoms with van der Waals surface area (Å²) < 4.78 is 50.8. The number of ether oxygens (including phenoxy) is 1. The van der Waals surface area contributed by atoms with Crippen LogP contribution in [0, 0.1) is 0 Å². The summed E-state index contributed by atoms with van der Waals surface area (Å²) in [5.74, 6) is -2.11. The van der Waals surface area contributed by atoms with E-state index in [2.05, 4.69) is 8.92 Å². The van der Waals surface area contributed by atoms with Crippen LogP contribution < -0.4 is 0 Å². The molecule has 0 aromatic carbocycles. The zero-order valence-corrected chi connectivity index (χ0v) is 5.99. The maximum atomic E-state index is 11.9. The molecule has 0 N–H and O–H groups in total. The van der Waals surface area contributed by atoms with Crippen LogP contribution in [0.15, 0.2) is 0 Å². The molecule has 66 valence electrons. The second kappa shape index (κ2) is 3.67. The van der Waals surface area contributed by atoms with Crippen molar-refractivity contribution in [3.05, 3.63) is 0 Å². The Labute approximate surface area is 62.2 Å². The number of hydrogen-bond donors (Lipinski definition) is 0. The molecule has 0 radical (unpaired) electrons. The smallest absolute Gasteiger partial charge is 0.463 e. The van der Waals surface area contributed by atoms with Gasteiger partial charge in [-0.15, -0.1) is 3.89 Å². The third-order valence-electron chi connectivity index (χ3n) is 0.593. The predicted molar refractivity (Wildman–Crippen MR) is 27.3 cm³/mol. The van der Waals surface area contributed by atoms with Crippen molar-refractivity contribution in [3.63, 3.8) is 0 Å². The number of alkyl halides is 2. The van der Waals surface area contributed by atoms with E-state index >= 15 is 0 Å². The van der Waals surface area contributed by atoms with Gasteiger partial charge in [0.15, 0.2) is 0 Å². The van der Waals surface area contributed by atoms with Crippen molar-refractivity contribution < 1.29 is 30.6 Å². The van der Waals surface area contributed by atoms with Crippen LogP contribution in [0.4, 0.5) is 12.7 Å². The Morgan fingerprint density at radius 2 is 2.00 bits per heavy atom. The average molecular weight is 192 g/mol. The summed E-state index contributed by atoms with van der Waals surface area (Å²) in [6, 6.07) is 0. The van der Waals surface area contributed by atoms with Crippen LogP contribution >= 0.6 is 0 Å². The molecule has 0 spiro atoms. The zero-order valence-electron chi connectivity index (χ0n) is 5.18. The molecule has 0 bridgehead atoms. The Kier molecular flexibility index (Phi) is 3.46. The molecule has 0 aromatic rings. The fraction of sp³-hybridized carbons (Fsp3) is 0.667. The Bertz CT molecular complexity index is 181. The number of halogens is 3. The molecule has 11 heavy (non-hydrogen) atoms. The lowest BCUT2D eigenvalue weighted by Gasteiger charge is -2.08. The molecule has 0 saturated carbocycles. The van der Waals surface area contributed by atoms with Gasteiger partial charge in [-0.1, -0.05) is 0 Å². The molecule has 4 nitrogen and oxygen atoms in total. The summed E-state index contributed by atoms with van der Waals surface area (Å²) in [5, 5.41) is 0. The number of carbonyl (C=O) groups excluding carboxylic acids is 1. The molecule has 1 atom stereocenters. The molecule has 0 amide bonds. The molecular weight excluding hydrogens is 189 g/mol. The Morgan fingerprint density at radius 1 is 1.55 bits per heavy atom. The Morgan fingerprint density at radius 3 is 2.27 bits per heavy atom. The Hall–Kier alpha value is -0.630. The van der Waals surface area contributed by atoms with Crippen LogP contribution in [0.25, 0.3) is 0 Å². The van der Waals surface area contributed by atoms with Gasteiger partial charge in [-0.3, -0.25) is 0 Å². The van der Waals surface area contributed by atoms with E-state index < -0.39 is 23.5 Å². The van der Waals surface area contributed by atoms with Crippen molar-refractivity contribution in [1.82, 2.24) is 0 Å². The van der Waals surface area contributed by atoms with Crippen LogP contribution in [0.5, 0.6) is 0 Å². The minimum atomic E-state index is -4.51. The van der Waals surface area contributed by atoms with E-state index in [1.165, 1.54) is 0 Å². The highest BCUT2D eigenvalue weighted by atomic mass is 32.2. The maximum absolute atomic E-state index is 11.9. The van der Waals surface area contributed by atoms with Gasteiger partial charge in [-0.05, 0) is 0 Å². The first-order chi connectivity index (χ1) is 4.90. The van der Waals surface area contributed by atoms with Crippen LogP contribution in [-0.2, 0) is 25.2 Å². The molecule has 0 saturated heterocycles. The normalized spacial score (nSPS) is 14.2. The van der Waals surface area contributed by atoms with Gasteiger partial charge in [0.25, 0.3) is 0 Å². The standard InChI is InChI=1S/C3H3F3O4S/c1-9-2(7)3(4,5)10-11(6)8/h1H3. The highest BCUT2D eigenvalue weighted by molar-refractivity contribution is 7.74. The molecule has 1 unspecified atom stereocenters. The van der Waals surface area contributed by atoms with Gasteiger partial charge < -0.3 is 4.74 Å². The second-order valence-corrected chi connectivity index (χ2v) is 1.84. The summed E-state index contributed by atoms with van der Waals surface area (Å²) in [7, 11) is 0.654. The average Bonchev–Trinajstić information content (AvgIpc) is 1.83. The third-order valence-corrected chi connectivity index (χ3v) is 0.934. The fourth-order valence-corrected chi connectivity index (χ4v) is 0.468. The topological polar surface area (TPSA) is 52.6 Å². The van der Waals surface area contributed by atoms with Gasteiger partial charge in [-0.2, -0.15) is 17.2 Å². The van der Waals surface area contributed by atoms with Gasteiger partial charge in [0.2, 0.25) is 0 Å². The molecule has 0 fully saturated rings. The van der Waals surface area contributed by atoms with E-state index in [0.717, 1.165) is 0 Å². The van der Waals surface area contributed by atoms with Gasteiger partial charge in [0, 0.05) is 0 Å². The molecule has 0 rings (SSSR count). The van der Waals surface area contributed by atoms with E-state index in [-0.39, 0.29) is 0 Å². The zero-order chi connectivity index (χ0) is 9.07. The van der Waals surface area contributed by atoms with Crippen molar-refractivity contribution in [3.8, 4) is 0 Å². The van der Waals surface area contributed by atoms with Crippen molar-refractivity contribution in [2.24, 2.45) is 0 Å². The van der Waals surface area contributed by atoms with Crippen LogP contribution in [0.3, 0.4) is 0 Å². The molecule has 0 aliphatic rings. The second-order valence-electron chi connectivity index (χ2n) is 1.29. The lowest BCUT2D eigenvalue weighted by atomic mass is 10.6. The number of rotatable bonds is 3. The summed E-state index contributed by atoms with van der Waals surface area (Å²) >= 11 is -3.71. The fourth-order valence-electron chi connectivity index (χ4n) is 0.235. The lowest BCUT2D eigenvalue weighted by molar-refractivity contribution is -0.212. The number of hydrogen-bond acceptors (Lipinski definition) is 4. The minimum absolute atomic E-state index is 0.654. The van der Waals surface area contributed by atoms with Crippen LogP contribution in [-0.4, -0.2) is 23.4 Å². The lowest BCUT2D eigenvalue weighted by Crippen LogP contribution is -2.32. The van der Waals surface area contributed by atoms with E-state index in [4.69, 9.17) is 0 Å². The van der Waals surface area contributed by atoms with Crippen molar-refractivity contribution in [2.45, 2.75) is 6.11 Å². The van der Waals surface area contributed by atoms with Crippen molar-refractivity contribution in [2.75, 3.05) is 7.11 Å². The predicted octanol–water partition coefficient (Wildman–Crippen LogP) is 0.317. The molecule has 0 aliphatic heterocycles. The van der Waals surface area contributed by atoms with E-state index in [1.807, 2.05) is 0 Å². The highest BCUT2D eigenvalue weighted by Crippen LogP contribution is 2.18. The largest absolute Gasteiger partial charge is 0.470 e.